The van der Waals surface area contributed by atoms with E-state index in [-0.39, 0.29) is 6.10 Å². The molecule has 2 rings (SSSR count). The Hall–Kier alpha value is -0.820. The summed E-state index contributed by atoms with van der Waals surface area (Å²) in [5, 5.41) is 9.74. The van der Waals surface area contributed by atoms with E-state index in [0.717, 1.165) is 12.8 Å². The van der Waals surface area contributed by atoms with Crippen LogP contribution in [0.1, 0.15) is 36.5 Å². The van der Waals surface area contributed by atoms with Gasteiger partial charge in [-0.2, -0.15) is 0 Å². The Kier molecular flexibility index (Phi) is 3.34. The van der Waals surface area contributed by atoms with Gasteiger partial charge in [-0.1, -0.05) is 25.1 Å². The first-order valence-corrected chi connectivity index (χ1v) is 6.32. The molecule has 3 atom stereocenters. The second-order valence-corrected chi connectivity index (χ2v) is 5.39. The van der Waals surface area contributed by atoms with Crippen LogP contribution in [0.4, 0.5) is 0 Å². The van der Waals surface area contributed by atoms with E-state index in [9.17, 15) is 5.11 Å². The lowest BCUT2D eigenvalue weighted by atomic mass is 9.89. The highest BCUT2D eigenvalue weighted by Crippen LogP contribution is 2.34. The molecular formula is C15H22O. The standard InChI is InChI=1S/C15H22O/c1-10-4-5-13(8-11(10)2)9-14-6-7-15(16)12(14)3/h4-5,8,12,14-16H,6-7,9H2,1-3H3. The van der Waals surface area contributed by atoms with Crippen LogP contribution >= 0.6 is 0 Å². The monoisotopic (exact) mass is 218 g/mol. The zero-order chi connectivity index (χ0) is 11.7. The number of aryl methyl sites for hydroxylation is 2. The van der Waals surface area contributed by atoms with Crippen molar-refractivity contribution >= 4 is 0 Å². The van der Waals surface area contributed by atoms with Crippen molar-refractivity contribution in [2.75, 3.05) is 0 Å². The molecule has 1 aliphatic rings. The summed E-state index contributed by atoms with van der Waals surface area (Å²) >= 11 is 0. The third-order valence-electron chi connectivity index (χ3n) is 4.25. The molecule has 1 nitrogen and oxygen atoms in total. The molecule has 16 heavy (non-hydrogen) atoms. The van der Waals surface area contributed by atoms with Gasteiger partial charge in [0.1, 0.15) is 0 Å². The number of hydrogen-bond donors (Lipinski definition) is 1. The predicted molar refractivity (Wildman–Crippen MR) is 67.5 cm³/mol. The maximum Gasteiger partial charge on any atom is 0.0568 e. The Morgan fingerprint density at radius 3 is 2.50 bits per heavy atom. The molecule has 88 valence electrons. The van der Waals surface area contributed by atoms with Gasteiger partial charge < -0.3 is 5.11 Å². The van der Waals surface area contributed by atoms with E-state index < -0.39 is 0 Å². The summed E-state index contributed by atoms with van der Waals surface area (Å²) in [5.74, 6) is 1.12. The van der Waals surface area contributed by atoms with Crippen molar-refractivity contribution in [1.82, 2.24) is 0 Å². The minimum atomic E-state index is -0.0726. The highest BCUT2D eigenvalue weighted by atomic mass is 16.3. The first kappa shape index (κ1) is 11.7. The van der Waals surface area contributed by atoms with Crippen LogP contribution in [0, 0.1) is 25.7 Å². The van der Waals surface area contributed by atoms with Crippen molar-refractivity contribution < 1.29 is 5.11 Å². The van der Waals surface area contributed by atoms with Gasteiger partial charge in [0.25, 0.3) is 0 Å². The van der Waals surface area contributed by atoms with Crippen LogP contribution in [-0.4, -0.2) is 11.2 Å². The normalized spacial score (nSPS) is 29.6. The molecule has 1 heteroatoms. The lowest BCUT2D eigenvalue weighted by molar-refractivity contribution is 0.127. The number of benzene rings is 1. The number of rotatable bonds is 2. The van der Waals surface area contributed by atoms with Gasteiger partial charge in [-0.05, 0) is 61.6 Å². The van der Waals surface area contributed by atoms with Gasteiger partial charge in [0, 0.05) is 0 Å². The van der Waals surface area contributed by atoms with Crippen LogP contribution in [0.5, 0.6) is 0 Å². The number of hydrogen-bond acceptors (Lipinski definition) is 1. The third-order valence-corrected chi connectivity index (χ3v) is 4.25. The maximum atomic E-state index is 9.74. The van der Waals surface area contributed by atoms with Crippen molar-refractivity contribution in [2.45, 2.75) is 46.1 Å². The first-order valence-electron chi connectivity index (χ1n) is 6.32. The topological polar surface area (TPSA) is 20.2 Å². The summed E-state index contributed by atoms with van der Waals surface area (Å²) in [6, 6.07) is 6.74. The molecule has 1 aromatic rings. The lowest BCUT2D eigenvalue weighted by Crippen LogP contribution is -2.16. The third kappa shape index (κ3) is 2.30. The maximum absolute atomic E-state index is 9.74. The summed E-state index contributed by atoms with van der Waals surface area (Å²) < 4.78 is 0. The average Bonchev–Trinajstić information content (AvgIpc) is 2.55. The van der Waals surface area contributed by atoms with E-state index in [2.05, 4.69) is 39.0 Å². The van der Waals surface area contributed by atoms with Crippen molar-refractivity contribution in [2.24, 2.45) is 11.8 Å². The molecule has 1 aliphatic carbocycles. The molecule has 0 aliphatic heterocycles. The highest BCUT2D eigenvalue weighted by Gasteiger charge is 2.31. The van der Waals surface area contributed by atoms with Crippen molar-refractivity contribution in [3.8, 4) is 0 Å². The van der Waals surface area contributed by atoms with E-state index in [0.29, 0.717) is 11.8 Å². The van der Waals surface area contributed by atoms with Gasteiger partial charge in [-0.3, -0.25) is 0 Å². The van der Waals surface area contributed by atoms with E-state index in [1.54, 1.807) is 0 Å². The van der Waals surface area contributed by atoms with Gasteiger partial charge in [-0.25, -0.2) is 0 Å². The van der Waals surface area contributed by atoms with Crippen LogP contribution in [-0.2, 0) is 6.42 Å². The summed E-state index contributed by atoms with van der Waals surface area (Å²) in [4.78, 5) is 0. The Labute approximate surface area is 98.5 Å². The van der Waals surface area contributed by atoms with Gasteiger partial charge >= 0.3 is 0 Å². The van der Waals surface area contributed by atoms with Crippen molar-refractivity contribution in [3.63, 3.8) is 0 Å². The fourth-order valence-electron chi connectivity index (χ4n) is 2.75. The fourth-order valence-corrected chi connectivity index (χ4v) is 2.75. The molecule has 0 spiro atoms. The molecule has 0 amide bonds. The zero-order valence-corrected chi connectivity index (χ0v) is 10.5. The summed E-state index contributed by atoms with van der Waals surface area (Å²) in [6.07, 6.45) is 3.21. The molecule has 1 saturated carbocycles. The smallest absolute Gasteiger partial charge is 0.0568 e. The van der Waals surface area contributed by atoms with E-state index in [1.807, 2.05) is 0 Å². The Morgan fingerprint density at radius 2 is 1.94 bits per heavy atom. The summed E-state index contributed by atoms with van der Waals surface area (Å²) in [5.41, 5.74) is 4.17. The zero-order valence-electron chi connectivity index (χ0n) is 10.5. The van der Waals surface area contributed by atoms with E-state index >= 15 is 0 Å². The minimum Gasteiger partial charge on any atom is -0.393 e. The molecule has 1 fully saturated rings. The fraction of sp³-hybridized carbons (Fsp3) is 0.600. The van der Waals surface area contributed by atoms with E-state index in [4.69, 9.17) is 0 Å². The van der Waals surface area contributed by atoms with Crippen LogP contribution in [0.15, 0.2) is 18.2 Å². The van der Waals surface area contributed by atoms with Gasteiger partial charge in [0.2, 0.25) is 0 Å². The van der Waals surface area contributed by atoms with Crippen LogP contribution < -0.4 is 0 Å². The van der Waals surface area contributed by atoms with E-state index in [1.165, 1.54) is 23.1 Å². The van der Waals surface area contributed by atoms with Crippen LogP contribution in [0.2, 0.25) is 0 Å². The number of aliphatic hydroxyl groups excluding tert-OH is 1. The Balaban J connectivity index is 2.07. The first-order chi connectivity index (χ1) is 7.58. The van der Waals surface area contributed by atoms with Crippen LogP contribution in [0.3, 0.4) is 0 Å². The minimum absolute atomic E-state index is 0.0726. The molecule has 1 aromatic carbocycles. The van der Waals surface area contributed by atoms with Crippen LogP contribution in [0.25, 0.3) is 0 Å². The average molecular weight is 218 g/mol. The molecule has 0 heterocycles. The lowest BCUT2D eigenvalue weighted by Gasteiger charge is -2.17. The quantitative estimate of drug-likeness (QED) is 0.808. The summed E-state index contributed by atoms with van der Waals surface area (Å²) in [7, 11) is 0. The van der Waals surface area contributed by atoms with Gasteiger partial charge in [0.05, 0.1) is 6.10 Å². The number of aliphatic hydroxyl groups is 1. The second-order valence-electron chi connectivity index (χ2n) is 5.39. The molecular weight excluding hydrogens is 196 g/mol. The molecule has 0 saturated heterocycles. The SMILES string of the molecule is Cc1ccc(CC2CCC(O)C2C)cc1C. The van der Waals surface area contributed by atoms with Crippen molar-refractivity contribution in [1.29, 1.82) is 0 Å². The molecule has 0 radical (unpaired) electrons. The molecule has 1 N–H and O–H groups in total. The Morgan fingerprint density at radius 1 is 1.19 bits per heavy atom. The van der Waals surface area contributed by atoms with Crippen molar-refractivity contribution in [3.05, 3.63) is 34.9 Å². The molecule has 0 aromatic heterocycles. The molecule has 3 unspecified atom stereocenters. The summed E-state index contributed by atoms with van der Waals surface area (Å²) in [6.45, 7) is 6.51. The molecule has 0 bridgehead atoms. The highest BCUT2D eigenvalue weighted by molar-refractivity contribution is 5.30. The second kappa shape index (κ2) is 4.58. The largest absolute Gasteiger partial charge is 0.393 e. The van der Waals surface area contributed by atoms with Gasteiger partial charge in [-0.15, -0.1) is 0 Å². The Bertz CT molecular complexity index is 370. The predicted octanol–water partition coefficient (Wildman–Crippen LogP) is 3.25. The van der Waals surface area contributed by atoms with Gasteiger partial charge in [0.15, 0.2) is 0 Å².